The van der Waals surface area contributed by atoms with Gasteiger partial charge in [0.15, 0.2) is 0 Å². The van der Waals surface area contributed by atoms with Gasteiger partial charge in [-0.3, -0.25) is 9.78 Å². The van der Waals surface area contributed by atoms with Crippen LogP contribution < -0.4 is 15.4 Å². The first-order chi connectivity index (χ1) is 14.5. The highest BCUT2D eigenvalue weighted by molar-refractivity contribution is 9.10. The highest BCUT2D eigenvalue weighted by Gasteiger charge is 2.08. The van der Waals surface area contributed by atoms with Crippen molar-refractivity contribution in [1.29, 1.82) is 0 Å². The van der Waals surface area contributed by atoms with Crippen LogP contribution in [0, 0.1) is 0 Å². The van der Waals surface area contributed by atoms with E-state index in [-0.39, 0.29) is 11.6 Å². The lowest BCUT2D eigenvalue weighted by Gasteiger charge is -2.09. The molecular formula is C21H15BrClN5O2. The molecule has 0 unspecified atom stereocenters. The SMILES string of the molecule is CNC(=O)c1cc(Oc2ccc3nc(Nc4ccc(Br)c(Cl)c4)ncc3c2)ccn1. The zero-order valence-electron chi connectivity index (χ0n) is 15.7. The standard InChI is InChI=1S/C21H15BrClN5O2/c1-24-20(29)19-10-15(6-7-25-19)30-14-3-5-18-12(8-14)11-26-21(28-18)27-13-2-4-16(22)17(23)9-13/h2-11H,1H3,(H,24,29)(H,26,27,28). The van der Waals surface area contributed by atoms with Crippen LogP contribution in [0.1, 0.15) is 10.5 Å². The van der Waals surface area contributed by atoms with Gasteiger partial charge >= 0.3 is 0 Å². The van der Waals surface area contributed by atoms with Crippen LogP contribution in [0.15, 0.2) is 65.4 Å². The minimum atomic E-state index is -0.278. The predicted molar refractivity (Wildman–Crippen MR) is 120 cm³/mol. The van der Waals surface area contributed by atoms with Crippen LogP contribution in [-0.2, 0) is 0 Å². The first-order valence-corrected chi connectivity index (χ1v) is 10.0. The molecule has 0 aliphatic carbocycles. The van der Waals surface area contributed by atoms with Gasteiger partial charge < -0.3 is 15.4 Å². The predicted octanol–water partition coefficient (Wildman–Crippen LogP) is 5.34. The smallest absolute Gasteiger partial charge is 0.269 e. The Morgan fingerprint density at radius 1 is 1.07 bits per heavy atom. The van der Waals surface area contributed by atoms with Gasteiger partial charge in [0.05, 0.1) is 10.5 Å². The van der Waals surface area contributed by atoms with E-state index in [1.54, 1.807) is 37.5 Å². The molecule has 150 valence electrons. The summed E-state index contributed by atoms with van der Waals surface area (Å²) in [4.78, 5) is 24.6. The number of nitrogens with one attached hydrogen (secondary N) is 2. The molecule has 4 aromatic rings. The van der Waals surface area contributed by atoms with Crippen LogP contribution in [0.4, 0.5) is 11.6 Å². The molecule has 0 fully saturated rings. The molecule has 30 heavy (non-hydrogen) atoms. The number of carbonyl (C=O) groups is 1. The highest BCUT2D eigenvalue weighted by atomic mass is 79.9. The number of pyridine rings is 1. The average Bonchev–Trinajstić information content (AvgIpc) is 2.76. The van der Waals surface area contributed by atoms with Crippen molar-refractivity contribution in [3.8, 4) is 11.5 Å². The van der Waals surface area contributed by atoms with Crippen LogP contribution in [0.25, 0.3) is 10.9 Å². The fraction of sp³-hybridized carbons (Fsp3) is 0.0476. The molecule has 1 amide bonds. The normalized spacial score (nSPS) is 10.6. The van der Waals surface area contributed by atoms with E-state index in [1.165, 1.54) is 6.20 Å². The van der Waals surface area contributed by atoms with E-state index in [2.05, 4.69) is 41.5 Å². The third kappa shape index (κ3) is 4.50. The zero-order chi connectivity index (χ0) is 21.1. The molecule has 0 saturated heterocycles. The van der Waals surface area contributed by atoms with Gasteiger partial charge in [0.1, 0.15) is 17.2 Å². The van der Waals surface area contributed by atoms with Gasteiger partial charge in [-0.25, -0.2) is 9.97 Å². The van der Waals surface area contributed by atoms with Crippen molar-refractivity contribution >= 4 is 56.0 Å². The maximum Gasteiger partial charge on any atom is 0.269 e. The van der Waals surface area contributed by atoms with Crippen molar-refractivity contribution in [2.24, 2.45) is 0 Å². The van der Waals surface area contributed by atoms with Crippen molar-refractivity contribution in [3.05, 3.63) is 76.1 Å². The minimum absolute atomic E-state index is 0.278. The number of nitrogens with zero attached hydrogens (tertiary/aromatic N) is 3. The molecule has 2 N–H and O–H groups in total. The lowest BCUT2D eigenvalue weighted by molar-refractivity contribution is 0.0958. The molecule has 4 rings (SSSR count). The molecule has 2 heterocycles. The van der Waals surface area contributed by atoms with Crippen molar-refractivity contribution in [2.75, 3.05) is 12.4 Å². The van der Waals surface area contributed by atoms with E-state index in [4.69, 9.17) is 16.3 Å². The zero-order valence-corrected chi connectivity index (χ0v) is 18.0. The molecule has 0 aliphatic heterocycles. The quantitative estimate of drug-likeness (QED) is 0.398. The third-order valence-corrected chi connectivity index (χ3v) is 5.39. The topological polar surface area (TPSA) is 89.0 Å². The van der Waals surface area contributed by atoms with Crippen LogP contribution in [0.5, 0.6) is 11.5 Å². The van der Waals surface area contributed by atoms with E-state index in [0.717, 1.165) is 21.1 Å². The summed E-state index contributed by atoms with van der Waals surface area (Å²) in [5.74, 6) is 1.29. The Morgan fingerprint density at radius 2 is 1.90 bits per heavy atom. The number of fused-ring (bicyclic) bond motifs is 1. The van der Waals surface area contributed by atoms with E-state index in [0.29, 0.717) is 22.5 Å². The van der Waals surface area contributed by atoms with Crippen molar-refractivity contribution in [2.45, 2.75) is 0 Å². The van der Waals surface area contributed by atoms with Crippen LogP contribution >= 0.6 is 27.5 Å². The van der Waals surface area contributed by atoms with Gasteiger partial charge in [-0.1, -0.05) is 11.6 Å². The Balaban J connectivity index is 1.54. The van der Waals surface area contributed by atoms with Gasteiger partial charge in [0, 0.05) is 41.1 Å². The molecule has 0 bridgehead atoms. The molecule has 0 aliphatic rings. The maximum atomic E-state index is 11.7. The number of amides is 1. The maximum absolute atomic E-state index is 11.7. The van der Waals surface area contributed by atoms with E-state index < -0.39 is 0 Å². The molecule has 2 aromatic carbocycles. The molecular weight excluding hydrogens is 470 g/mol. The van der Waals surface area contributed by atoms with Crippen LogP contribution in [0.3, 0.4) is 0 Å². The second kappa shape index (κ2) is 8.64. The number of anilines is 2. The number of aromatic nitrogens is 3. The Hall–Kier alpha value is -3.23. The summed E-state index contributed by atoms with van der Waals surface area (Å²) in [6, 6.07) is 14.3. The third-order valence-electron chi connectivity index (χ3n) is 4.15. The molecule has 2 aromatic heterocycles. The van der Waals surface area contributed by atoms with Gasteiger partial charge in [-0.15, -0.1) is 0 Å². The Labute approximate surface area is 185 Å². The van der Waals surface area contributed by atoms with Crippen molar-refractivity contribution in [3.63, 3.8) is 0 Å². The number of halogens is 2. The summed E-state index contributed by atoms with van der Waals surface area (Å²) >= 11 is 9.49. The van der Waals surface area contributed by atoms with Crippen molar-refractivity contribution in [1.82, 2.24) is 20.3 Å². The Bertz CT molecular complexity index is 1250. The van der Waals surface area contributed by atoms with Crippen LogP contribution in [0.2, 0.25) is 5.02 Å². The summed E-state index contributed by atoms with van der Waals surface area (Å²) in [6.07, 6.45) is 3.23. The van der Waals surface area contributed by atoms with Gasteiger partial charge in [-0.2, -0.15) is 0 Å². The first-order valence-electron chi connectivity index (χ1n) is 8.87. The monoisotopic (exact) mass is 483 g/mol. The van der Waals surface area contributed by atoms with Gasteiger partial charge in [0.2, 0.25) is 5.95 Å². The molecule has 9 heteroatoms. The lowest BCUT2D eigenvalue weighted by Crippen LogP contribution is -2.18. The minimum Gasteiger partial charge on any atom is -0.457 e. The largest absolute Gasteiger partial charge is 0.457 e. The number of hydrogen-bond donors (Lipinski definition) is 2. The summed E-state index contributed by atoms with van der Waals surface area (Å²) in [6.45, 7) is 0. The molecule has 0 atom stereocenters. The number of ether oxygens (including phenoxy) is 1. The molecule has 0 spiro atoms. The number of benzene rings is 2. The fourth-order valence-corrected chi connectivity index (χ4v) is 3.13. The first kappa shape index (κ1) is 20.1. The number of rotatable bonds is 5. The second-order valence-electron chi connectivity index (χ2n) is 6.23. The van der Waals surface area contributed by atoms with E-state index >= 15 is 0 Å². The fourth-order valence-electron chi connectivity index (χ4n) is 2.70. The molecule has 0 radical (unpaired) electrons. The van der Waals surface area contributed by atoms with Gasteiger partial charge in [0.25, 0.3) is 5.91 Å². The Kier molecular flexibility index (Phi) is 5.78. The second-order valence-corrected chi connectivity index (χ2v) is 7.49. The molecule has 0 saturated carbocycles. The summed E-state index contributed by atoms with van der Waals surface area (Å²) in [5, 5.41) is 7.08. The highest BCUT2D eigenvalue weighted by Crippen LogP contribution is 2.28. The lowest BCUT2D eigenvalue weighted by atomic mass is 10.2. The molecule has 7 nitrogen and oxygen atoms in total. The summed E-state index contributed by atoms with van der Waals surface area (Å²) in [5.41, 5.74) is 1.82. The average molecular weight is 485 g/mol. The summed E-state index contributed by atoms with van der Waals surface area (Å²) < 4.78 is 6.68. The van der Waals surface area contributed by atoms with E-state index in [1.807, 2.05) is 24.3 Å². The van der Waals surface area contributed by atoms with E-state index in [9.17, 15) is 4.79 Å². The summed E-state index contributed by atoms with van der Waals surface area (Å²) in [7, 11) is 1.55. The Morgan fingerprint density at radius 3 is 2.70 bits per heavy atom. The van der Waals surface area contributed by atoms with Gasteiger partial charge in [-0.05, 0) is 58.4 Å². The van der Waals surface area contributed by atoms with Crippen LogP contribution in [-0.4, -0.2) is 27.9 Å². The number of carbonyl (C=O) groups excluding carboxylic acids is 1. The number of hydrogen-bond acceptors (Lipinski definition) is 6. The van der Waals surface area contributed by atoms with Crippen molar-refractivity contribution < 1.29 is 9.53 Å².